The minimum Gasteiger partial charge on any atom is -0.468 e. The molecule has 168 valence electrons. The molecule has 0 heterocycles. The van der Waals surface area contributed by atoms with Gasteiger partial charge >= 0.3 is 17.9 Å². The van der Waals surface area contributed by atoms with Gasteiger partial charge in [0.25, 0.3) is 0 Å². The van der Waals surface area contributed by atoms with Crippen LogP contribution in [-0.2, 0) is 28.6 Å². The number of benzene rings is 3. The average Bonchev–Trinajstić information content (AvgIpc) is 2.87. The van der Waals surface area contributed by atoms with Crippen molar-refractivity contribution in [1.82, 2.24) is 0 Å². The molecule has 1 unspecified atom stereocenters. The molecule has 0 amide bonds. The summed E-state index contributed by atoms with van der Waals surface area (Å²) in [6.07, 6.45) is 1.65. The molecule has 0 fully saturated rings. The predicted molar refractivity (Wildman–Crippen MR) is 124 cm³/mol. The van der Waals surface area contributed by atoms with Crippen molar-refractivity contribution in [2.45, 2.75) is 5.92 Å². The Kier molecular flexibility index (Phi) is 7.79. The Morgan fingerprint density at radius 3 is 2.00 bits per heavy atom. The summed E-state index contributed by atoms with van der Waals surface area (Å²) in [6.45, 7) is 0. The smallest absolute Gasteiger partial charge is 0.342 e. The van der Waals surface area contributed by atoms with Crippen molar-refractivity contribution >= 4 is 34.8 Å². The van der Waals surface area contributed by atoms with Gasteiger partial charge in [0.1, 0.15) is 0 Å². The van der Waals surface area contributed by atoms with Crippen LogP contribution >= 0.6 is 0 Å². The van der Waals surface area contributed by atoms with E-state index in [0.717, 1.165) is 16.3 Å². The largest absolute Gasteiger partial charge is 0.468 e. The molecule has 0 saturated carbocycles. The molecule has 0 aliphatic heterocycles. The molecular weight excluding hydrogens is 420 g/mol. The van der Waals surface area contributed by atoms with E-state index in [-0.39, 0.29) is 5.57 Å². The highest BCUT2D eigenvalue weighted by atomic mass is 16.5. The molecule has 1 atom stereocenters. The number of hydrogen-bond donors (Lipinski definition) is 0. The number of ether oxygens (including phenoxy) is 3. The minimum atomic E-state index is -1.43. The quantitative estimate of drug-likeness (QED) is 0.178. The van der Waals surface area contributed by atoms with Crippen molar-refractivity contribution in [2.75, 3.05) is 21.3 Å². The molecule has 0 saturated heterocycles. The lowest BCUT2D eigenvalue weighted by Crippen LogP contribution is -2.34. The molecule has 0 aliphatic rings. The molecule has 0 aromatic heterocycles. The fourth-order valence-electron chi connectivity index (χ4n) is 3.73. The lowest BCUT2D eigenvalue weighted by atomic mass is 9.80. The average molecular weight is 444 g/mol. The summed E-state index contributed by atoms with van der Waals surface area (Å²) >= 11 is 0. The van der Waals surface area contributed by atoms with Crippen LogP contribution in [0.3, 0.4) is 0 Å². The Bertz CT molecular complexity index is 1200. The first-order valence-electron chi connectivity index (χ1n) is 10.2. The zero-order chi connectivity index (χ0) is 23.8. The van der Waals surface area contributed by atoms with Crippen LogP contribution in [0.25, 0.3) is 16.8 Å². The van der Waals surface area contributed by atoms with Gasteiger partial charge in [0.05, 0.1) is 26.9 Å². The third kappa shape index (κ3) is 5.20. The Balaban J connectivity index is 2.28. The fourth-order valence-corrected chi connectivity index (χ4v) is 3.73. The first-order valence-corrected chi connectivity index (χ1v) is 10.2. The van der Waals surface area contributed by atoms with Gasteiger partial charge in [-0.05, 0) is 28.0 Å². The number of carbonyl (C=O) groups excluding carboxylic acids is 3. The second-order valence-corrected chi connectivity index (χ2v) is 7.17. The molecule has 3 aromatic rings. The molecule has 0 bridgehead atoms. The van der Waals surface area contributed by atoms with E-state index < -0.39 is 29.7 Å². The number of methoxy groups -OCH3 is 3. The summed E-state index contributed by atoms with van der Waals surface area (Å²) in [5.74, 6) is -4.85. The maximum atomic E-state index is 12.9. The SMILES string of the molecule is COC(=O)C(=C=Cc1cccc2ccccc12)C(c1ccccc1)C(C(=O)OC)C(=O)OC. The summed E-state index contributed by atoms with van der Waals surface area (Å²) in [6, 6.07) is 22.3. The van der Waals surface area contributed by atoms with E-state index in [9.17, 15) is 14.4 Å². The monoisotopic (exact) mass is 444 g/mol. The summed E-state index contributed by atoms with van der Waals surface area (Å²) in [5.41, 5.74) is 4.37. The van der Waals surface area contributed by atoms with Gasteiger partial charge in [-0.15, -0.1) is 5.73 Å². The lowest BCUT2D eigenvalue weighted by molar-refractivity contribution is -0.159. The predicted octanol–water partition coefficient (Wildman–Crippen LogP) is 4.30. The van der Waals surface area contributed by atoms with Gasteiger partial charge in [0, 0.05) is 5.92 Å². The maximum Gasteiger partial charge on any atom is 0.342 e. The lowest BCUT2D eigenvalue weighted by Gasteiger charge is -2.24. The first-order chi connectivity index (χ1) is 16.0. The van der Waals surface area contributed by atoms with E-state index in [0.29, 0.717) is 5.56 Å². The highest BCUT2D eigenvalue weighted by Crippen LogP contribution is 2.34. The molecule has 0 spiro atoms. The summed E-state index contributed by atoms with van der Waals surface area (Å²) in [7, 11) is 3.58. The van der Waals surface area contributed by atoms with Gasteiger partial charge < -0.3 is 14.2 Å². The van der Waals surface area contributed by atoms with Crippen molar-refractivity contribution in [3.8, 4) is 0 Å². The van der Waals surface area contributed by atoms with Gasteiger partial charge in [-0.25, -0.2) is 4.79 Å². The first kappa shape index (κ1) is 23.5. The van der Waals surface area contributed by atoms with Crippen molar-refractivity contribution in [3.05, 3.63) is 95.2 Å². The van der Waals surface area contributed by atoms with Gasteiger partial charge in [-0.2, -0.15) is 0 Å². The highest BCUT2D eigenvalue weighted by molar-refractivity contribution is 6.00. The third-order valence-electron chi connectivity index (χ3n) is 5.33. The summed E-state index contributed by atoms with van der Waals surface area (Å²) in [4.78, 5) is 38.2. The standard InChI is InChI=1S/C27H24O6/c1-31-25(28)22(17-16-19-14-9-13-18-10-7-8-15-21(18)19)23(20-11-5-4-6-12-20)24(26(29)32-2)27(30)33-3/h4-16,23-24H,1-3H3. The minimum absolute atomic E-state index is 0.00238. The molecule has 3 rings (SSSR count). The Morgan fingerprint density at radius 2 is 1.36 bits per heavy atom. The molecule has 0 N–H and O–H groups in total. The van der Waals surface area contributed by atoms with E-state index in [4.69, 9.17) is 14.2 Å². The van der Waals surface area contributed by atoms with Gasteiger partial charge in [0.2, 0.25) is 0 Å². The van der Waals surface area contributed by atoms with Crippen LogP contribution in [-0.4, -0.2) is 39.2 Å². The zero-order valence-corrected chi connectivity index (χ0v) is 18.6. The van der Waals surface area contributed by atoms with Crippen molar-refractivity contribution < 1.29 is 28.6 Å². The molecule has 6 heteroatoms. The van der Waals surface area contributed by atoms with E-state index >= 15 is 0 Å². The molecule has 3 aromatic carbocycles. The number of fused-ring (bicyclic) bond motifs is 1. The van der Waals surface area contributed by atoms with Crippen LogP contribution in [0.2, 0.25) is 0 Å². The summed E-state index contributed by atoms with van der Waals surface area (Å²) in [5, 5.41) is 1.99. The van der Waals surface area contributed by atoms with Crippen LogP contribution in [0.4, 0.5) is 0 Å². The normalized spacial score (nSPS) is 11.3. The van der Waals surface area contributed by atoms with Crippen LogP contribution in [0.15, 0.2) is 84.1 Å². The number of rotatable bonds is 7. The number of carbonyl (C=O) groups is 3. The maximum absolute atomic E-state index is 12.9. The Hall–Kier alpha value is -4.15. The molecule has 0 aliphatic carbocycles. The van der Waals surface area contributed by atoms with Gasteiger partial charge in [-0.3, -0.25) is 9.59 Å². The van der Waals surface area contributed by atoms with Crippen LogP contribution in [0.1, 0.15) is 17.0 Å². The molecular formula is C27H24O6. The molecule has 0 radical (unpaired) electrons. The summed E-state index contributed by atoms with van der Waals surface area (Å²) < 4.78 is 14.8. The van der Waals surface area contributed by atoms with Crippen molar-refractivity contribution in [3.63, 3.8) is 0 Å². The van der Waals surface area contributed by atoms with Crippen molar-refractivity contribution in [2.24, 2.45) is 5.92 Å². The van der Waals surface area contributed by atoms with Crippen LogP contribution in [0, 0.1) is 5.92 Å². The second-order valence-electron chi connectivity index (χ2n) is 7.17. The van der Waals surface area contributed by atoms with E-state index in [1.165, 1.54) is 21.3 Å². The van der Waals surface area contributed by atoms with E-state index in [2.05, 4.69) is 5.73 Å². The second kappa shape index (κ2) is 10.9. The van der Waals surface area contributed by atoms with Gasteiger partial charge in [-0.1, -0.05) is 72.8 Å². The molecule has 6 nitrogen and oxygen atoms in total. The van der Waals surface area contributed by atoms with E-state index in [1.807, 2.05) is 42.5 Å². The highest BCUT2D eigenvalue weighted by Gasteiger charge is 2.42. The Morgan fingerprint density at radius 1 is 0.758 bits per heavy atom. The zero-order valence-electron chi connectivity index (χ0n) is 18.6. The van der Waals surface area contributed by atoms with Crippen molar-refractivity contribution in [1.29, 1.82) is 0 Å². The third-order valence-corrected chi connectivity index (χ3v) is 5.33. The number of esters is 3. The molecule has 33 heavy (non-hydrogen) atoms. The topological polar surface area (TPSA) is 78.9 Å². The van der Waals surface area contributed by atoms with Crippen LogP contribution < -0.4 is 0 Å². The van der Waals surface area contributed by atoms with E-state index in [1.54, 1.807) is 36.4 Å². The van der Waals surface area contributed by atoms with Gasteiger partial charge in [0.15, 0.2) is 5.92 Å². The van der Waals surface area contributed by atoms with Crippen LogP contribution in [0.5, 0.6) is 0 Å². The Labute approximate surface area is 192 Å². The fraction of sp³-hybridized carbons (Fsp3) is 0.185. The number of hydrogen-bond acceptors (Lipinski definition) is 6.